The number of thiazole rings is 1. The van der Waals surface area contributed by atoms with E-state index in [1.807, 2.05) is 36.4 Å². The molecule has 0 bridgehead atoms. The Morgan fingerprint density at radius 3 is 2.61 bits per heavy atom. The van der Waals surface area contributed by atoms with E-state index in [4.69, 9.17) is 14.2 Å². The normalized spacial score (nSPS) is 17.1. The molecule has 0 amide bonds. The number of benzene rings is 2. The SMILES string of the molecule is COc1ccc(C2C(C(C)=O)=C(C)N=c3s/c(=C/c4cc5c(cc4Br)OCO5)c(=O)n32)cc1. The molecule has 1 atom stereocenters. The smallest absolute Gasteiger partial charge is 0.271 e. The number of nitrogens with zero attached hydrogens (tertiary/aromatic N) is 2. The first-order valence-corrected chi connectivity index (χ1v) is 11.7. The van der Waals surface area contributed by atoms with Crippen molar-refractivity contribution in [2.75, 3.05) is 13.9 Å². The fraction of sp³-hybridized carbons (Fsp3) is 0.208. The summed E-state index contributed by atoms with van der Waals surface area (Å²) in [5, 5.41) is 0. The third-order valence-corrected chi connectivity index (χ3v) is 7.28. The molecule has 0 radical (unpaired) electrons. The van der Waals surface area contributed by atoms with Gasteiger partial charge in [0.2, 0.25) is 6.79 Å². The van der Waals surface area contributed by atoms with Gasteiger partial charge in [0, 0.05) is 15.7 Å². The van der Waals surface area contributed by atoms with Crippen molar-refractivity contribution in [1.82, 2.24) is 4.57 Å². The molecule has 3 heterocycles. The third-order valence-electron chi connectivity index (χ3n) is 5.61. The van der Waals surface area contributed by atoms with Crippen molar-refractivity contribution in [3.8, 4) is 17.2 Å². The van der Waals surface area contributed by atoms with Crippen LogP contribution in [0.5, 0.6) is 17.2 Å². The number of rotatable bonds is 4. The number of Topliss-reactive ketones (excluding diaryl/α,β-unsaturated/α-hetero) is 1. The Balaban J connectivity index is 1.71. The molecule has 2 aliphatic heterocycles. The van der Waals surface area contributed by atoms with Crippen LogP contribution < -0.4 is 29.1 Å². The predicted octanol–water partition coefficient (Wildman–Crippen LogP) is 3.32. The van der Waals surface area contributed by atoms with Crippen LogP contribution in [0, 0.1) is 0 Å². The summed E-state index contributed by atoms with van der Waals surface area (Å²) < 4.78 is 19.0. The van der Waals surface area contributed by atoms with Crippen LogP contribution in [0.15, 0.2) is 61.9 Å². The number of ketones is 1. The Morgan fingerprint density at radius 1 is 1.24 bits per heavy atom. The highest BCUT2D eigenvalue weighted by Gasteiger charge is 2.30. The van der Waals surface area contributed by atoms with E-state index in [1.54, 1.807) is 24.7 Å². The molecule has 0 spiro atoms. The van der Waals surface area contributed by atoms with Gasteiger partial charge < -0.3 is 14.2 Å². The molecule has 0 aliphatic carbocycles. The van der Waals surface area contributed by atoms with Gasteiger partial charge in [0.15, 0.2) is 22.1 Å². The minimum atomic E-state index is -0.563. The maximum Gasteiger partial charge on any atom is 0.271 e. The Kier molecular flexibility index (Phi) is 5.46. The Bertz CT molecular complexity index is 1500. The van der Waals surface area contributed by atoms with E-state index >= 15 is 0 Å². The summed E-state index contributed by atoms with van der Waals surface area (Å²) in [6, 6.07) is 10.5. The predicted molar refractivity (Wildman–Crippen MR) is 128 cm³/mol. The lowest BCUT2D eigenvalue weighted by Crippen LogP contribution is -2.39. The molecule has 0 N–H and O–H groups in total. The first-order chi connectivity index (χ1) is 15.9. The highest BCUT2D eigenvalue weighted by molar-refractivity contribution is 9.10. The quantitative estimate of drug-likeness (QED) is 0.521. The van der Waals surface area contributed by atoms with Gasteiger partial charge in [-0.2, -0.15) is 0 Å². The van der Waals surface area contributed by atoms with Crippen molar-refractivity contribution in [3.05, 3.63) is 83.0 Å². The minimum Gasteiger partial charge on any atom is -0.497 e. The molecule has 0 saturated carbocycles. The van der Waals surface area contributed by atoms with Gasteiger partial charge in [-0.05, 0) is 55.3 Å². The lowest BCUT2D eigenvalue weighted by molar-refractivity contribution is -0.114. The van der Waals surface area contributed by atoms with Crippen LogP contribution in [0.4, 0.5) is 0 Å². The van der Waals surface area contributed by atoms with Crippen molar-refractivity contribution in [2.24, 2.45) is 4.99 Å². The molecule has 0 saturated heterocycles. The highest BCUT2D eigenvalue weighted by Crippen LogP contribution is 2.37. The van der Waals surface area contributed by atoms with E-state index in [1.165, 1.54) is 18.3 Å². The van der Waals surface area contributed by atoms with Crippen LogP contribution in [-0.4, -0.2) is 24.3 Å². The summed E-state index contributed by atoms with van der Waals surface area (Å²) in [6.07, 6.45) is 1.80. The first kappa shape index (κ1) is 21.7. The largest absolute Gasteiger partial charge is 0.497 e. The van der Waals surface area contributed by atoms with Gasteiger partial charge >= 0.3 is 0 Å². The molecule has 7 nitrogen and oxygen atoms in total. The van der Waals surface area contributed by atoms with Crippen LogP contribution in [0.2, 0.25) is 0 Å². The maximum atomic E-state index is 13.6. The molecule has 9 heteroatoms. The summed E-state index contributed by atoms with van der Waals surface area (Å²) in [5.41, 5.74) is 2.50. The van der Waals surface area contributed by atoms with Crippen molar-refractivity contribution in [3.63, 3.8) is 0 Å². The van der Waals surface area contributed by atoms with E-state index in [9.17, 15) is 9.59 Å². The minimum absolute atomic E-state index is 0.120. The molecule has 2 aliphatic rings. The molecule has 0 fully saturated rings. The first-order valence-electron chi connectivity index (χ1n) is 10.1. The number of hydrogen-bond donors (Lipinski definition) is 0. The number of fused-ring (bicyclic) bond motifs is 2. The third kappa shape index (κ3) is 3.71. The van der Waals surface area contributed by atoms with Gasteiger partial charge in [0.25, 0.3) is 5.56 Å². The van der Waals surface area contributed by atoms with Crippen molar-refractivity contribution < 1.29 is 19.0 Å². The van der Waals surface area contributed by atoms with Crippen LogP contribution in [0.25, 0.3) is 6.08 Å². The van der Waals surface area contributed by atoms with E-state index in [0.717, 1.165) is 15.6 Å². The molecule has 1 unspecified atom stereocenters. The van der Waals surface area contributed by atoms with Crippen molar-refractivity contribution in [1.29, 1.82) is 0 Å². The fourth-order valence-electron chi connectivity index (χ4n) is 4.06. The topological polar surface area (TPSA) is 79.1 Å². The van der Waals surface area contributed by atoms with Gasteiger partial charge in [-0.1, -0.05) is 39.4 Å². The molecule has 5 rings (SSSR count). The number of ether oxygens (including phenoxy) is 3. The number of carbonyl (C=O) groups is 1. The van der Waals surface area contributed by atoms with E-state index in [2.05, 4.69) is 20.9 Å². The summed E-state index contributed by atoms with van der Waals surface area (Å²) in [7, 11) is 1.59. The van der Waals surface area contributed by atoms with E-state index < -0.39 is 6.04 Å². The summed E-state index contributed by atoms with van der Waals surface area (Å²) >= 11 is 4.83. The molecular formula is C24H19BrN2O5S. The number of carbonyl (C=O) groups excluding carboxylic acids is 1. The summed E-state index contributed by atoms with van der Waals surface area (Å²) in [5.74, 6) is 1.86. The van der Waals surface area contributed by atoms with Crippen molar-refractivity contribution >= 4 is 39.1 Å². The average Bonchev–Trinajstić information content (AvgIpc) is 3.36. The molecule has 3 aromatic rings. The van der Waals surface area contributed by atoms with Gasteiger partial charge in [-0.15, -0.1) is 0 Å². The Labute approximate surface area is 201 Å². The lowest BCUT2D eigenvalue weighted by atomic mass is 9.93. The second-order valence-electron chi connectivity index (χ2n) is 7.64. The number of methoxy groups -OCH3 is 1. The van der Waals surface area contributed by atoms with E-state index in [0.29, 0.717) is 37.9 Å². The fourth-order valence-corrected chi connectivity index (χ4v) is 5.53. The van der Waals surface area contributed by atoms with Gasteiger partial charge in [0.05, 0.1) is 17.7 Å². The summed E-state index contributed by atoms with van der Waals surface area (Å²) in [4.78, 5) is 31.3. The van der Waals surface area contributed by atoms with Crippen LogP contribution in [0.3, 0.4) is 0 Å². The van der Waals surface area contributed by atoms with E-state index in [-0.39, 0.29) is 18.1 Å². The van der Waals surface area contributed by atoms with Gasteiger partial charge in [-0.25, -0.2) is 4.99 Å². The second kappa shape index (κ2) is 8.31. The zero-order valence-electron chi connectivity index (χ0n) is 18.0. The van der Waals surface area contributed by atoms with Crippen LogP contribution >= 0.6 is 27.3 Å². The second-order valence-corrected chi connectivity index (χ2v) is 9.50. The number of halogens is 1. The molecule has 33 heavy (non-hydrogen) atoms. The number of allylic oxidation sites excluding steroid dienone is 2. The standard InChI is InChI=1S/C24H19BrN2O5S/c1-12-21(13(2)28)22(14-4-6-16(30-3)7-5-14)27-23(29)20(33-24(27)26-12)9-15-8-18-19(10-17(15)25)32-11-31-18/h4-10,22H,11H2,1-3H3/b20-9+. The zero-order valence-corrected chi connectivity index (χ0v) is 20.5. The summed E-state index contributed by atoms with van der Waals surface area (Å²) in [6.45, 7) is 3.48. The van der Waals surface area contributed by atoms with Crippen molar-refractivity contribution in [2.45, 2.75) is 19.9 Å². The zero-order chi connectivity index (χ0) is 23.3. The molecule has 168 valence electrons. The Morgan fingerprint density at radius 2 is 1.94 bits per heavy atom. The van der Waals surface area contributed by atoms with Gasteiger partial charge in [-0.3, -0.25) is 14.2 Å². The maximum absolute atomic E-state index is 13.6. The highest BCUT2D eigenvalue weighted by atomic mass is 79.9. The molecule has 1 aromatic heterocycles. The monoisotopic (exact) mass is 526 g/mol. The Hall–Kier alpha value is -3.17. The lowest BCUT2D eigenvalue weighted by Gasteiger charge is -2.24. The molecular weight excluding hydrogens is 508 g/mol. The number of hydrogen-bond acceptors (Lipinski definition) is 7. The van der Waals surface area contributed by atoms with Crippen LogP contribution in [-0.2, 0) is 4.79 Å². The number of aromatic nitrogens is 1. The molecule has 2 aromatic carbocycles. The van der Waals surface area contributed by atoms with Crippen LogP contribution in [0.1, 0.15) is 31.0 Å². The van der Waals surface area contributed by atoms with Gasteiger partial charge in [0.1, 0.15) is 5.75 Å². The average molecular weight is 527 g/mol.